The van der Waals surface area contributed by atoms with E-state index in [2.05, 4.69) is 31.4 Å². The molecule has 0 unspecified atom stereocenters. The SMILES string of the molecule is CC(C)C(=O)c1cc(C(=O)Nc2cccc(NC(C)(C)C)c2)cc(C(=O)C(C)(C)C)c1.Nc1ccccc1. The van der Waals surface area contributed by atoms with Gasteiger partial charge < -0.3 is 16.4 Å². The number of carbonyl (C=O) groups excluding carboxylic acids is 3. The molecule has 0 spiro atoms. The molecule has 0 aliphatic carbocycles. The number of nitrogen functional groups attached to an aromatic ring is 1. The quantitative estimate of drug-likeness (QED) is 0.233. The van der Waals surface area contributed by atoms with Crippen molar-refractivity contribution in [3.05, 3.63) is 89.5 Å². The van der Waals surface area contributed by atoms with Crippen molar-refractivity contribution < 1.29 is 14.4 Å². The summed E-state index contributed by atoms with van der Waals surface area (Å²) < 4.78 is 0. The number of hydrogen-bond acceptors (Lipinski definition) is 5. The van der Waals surface area contributed by atoms with E-state index >= 15 is 0 Å². The van der Waals surface area contributed by atoms with E-state index in [1.165, 1.54) is 0 Å². The van der Waals surface area contributed by atoms with Gasteiger partial charge in [-0.1, -0.05) is 58.9 Å². The van der Waals surface area contributed by atoms with Gasteiger partial charge in [0.2, 0.25) is 0 Å². The summed E-state index contributed by atoms with van der Waals surface area (Å²) in [6, 6.07) is 21.7. The average Bonchev–Trinajstić information content (AvgIpc) is 2.82. The van der Waals surface area contributed by atoms with Crippen LogP contribution in [0, 0.1) is 11.3 Å². The van der Waals surface area contributed by atoms with Crippen molar-refractivity contribution in [1.82, 2.24) is 0 Å². The molecule has 6 heteroatoms. The molecule has 0 aliphatic heterocycles. The van der Waals surface area contributed by atoms with Crippen LogP contribution in [0.2, 0.25) is 0 Å². The Hall–Kier alpha value is -3.93. The third-order valence-electron chi connectivity index (χ3n) is 5.39. The van der Waals surface area contributed by atoms with Crippen molar-refractivity contribution in [1.29, 1.82) is 0 Å². The number of hydrogen-bond donors (Lipinski definition) is 3. The van der Waals surface area contributed by atoms with Gasteiger partial charge in [-0.15, -0.1) is 0 Å². The van der Waals surface area contributed by atoms with Crippen molar-refractivity contribution in [2.75, 3.05) is 16.4 Å². The summed E-state index contributed by atoms with van der Waals surface area (Å²) in [4.78, 5) is 38.5. The molecule has 1 amide bonds. The van der Waals surface area contributed by atoms with Crippen molar-refractivity contribution in [3.63, 3.8) is 0 Å². The number of nitrogens with one attached hydrogen (secondary N) is 2. The molecule has 0 fully saturated rings. The minimum atomic E-state index is -0.625. The molecule has 0 radical (unpaired) electrons. The third-order valence-corrected chi connectivity index (χ3v) is 5.39. The van der Waals surface area contributed by atoms with Gasteiger partial charge in [0.25, 0.3) is 5.91 Å². The van der Waals surface area contributed by atoms with Gasteiger partial charge in [-0.2, -0.15) is 0 Å². The summed E-state index contributed by atoms with van der Waals surface area (Å²) >= 11 is 0. The molecule has 0 aromatic heterocycles. The molecule has 0 saturated heterocycles. The summed E-state index contributed by atoms with van der Waals surface area (Å²) in [5.74, 6) is -0.823. The molecule has 0 saturated carbocycles. The Bertz CT molecular complexity index is 1270. The first-order chi connectivity index (χ1) is 17.6. The van der Waals surface area contributed by atoms with Crippen molar-refractivity contribution in [2.24, 2.45) is 11.3 Å². The standard InChI is InChI=1S/C26H34N2O3.C6H7N/c1-16(2)22(29)17-12-18(23(30)25(3,4)5)14-19(13-17)24(31)27-20-10-9-11-21(15-20)28-26(6,7)8;7-6-4-2-1-3-5-6/h9-16,28H,1-8H3,(H,27,31);1-5H,7H2. The number of nitrogens with two attached hydrogens (primary N) is 1. The molecule has 0 atom stereocenters. The fourth-order valence-electron chi connectivity index (χ4n) is 3.56. The highest BCUT2D eigenvalue weighted by Crippen LogP contribution is 2.25. The predicted molar refractivity (Wildman–Crippen MR) is 158 cm³/mol. The number of rotatable bonds is 6. The number of Topliss-reactive ketones (excluding diaryl/α,β-unsaturated/α-hetero) is 2. The van der Waals surface area contributed by atoms with Crippen LogP contribution in [0.1, 0.15) is 86.5 Å². The monoisotopic (exact) mass is 515 g/mol. The van der Waals surface area contributed by atoms with Crippen LogP contribution >= 0.6 is 0 Å². The van der Waals surface area contributed by atoms with Gasteiger partial charge in [-0.05, 0) is 69.3 Å². The Balaban J connectivity index is 0.000000624. The van der Waals surface area contributed by atoms with Crippen LogP contribution in [0.5, 0.6) is 0 Å². The molecular weight excluding hydrogens is 474 g/mol. The Morgan fingerprint density at radius 3 is 1.76 bits per heavy atom. The molecular formula is C32H41N3O3. The second kappa shape index (κ2) is 12.5. The maximum absolute atomic E-state index is 13.0. The lowest BCUT2D eigenvalue weighted by Crippen LogP contribution is -2.26. The Kier molecular flexibility index (Phi) is 10.0. The van der Waals surface area contributed by atoms with Gasteiger partial charge in [0, 0.05) is 50.6 Å². The zero-order valence-electron chi connectivity index (χ0n) is 23.8. The van der Waals surface area contributed by atoms with Gasteiger partial charge >= 0.3 is 0 Å². The molecule has 0 heterocycles. The van der Waals surface area contributed by atoms with Gasteiger partial charge in [-0.25, -0.2) is 0 Å². The minimum absolute atomic E-state index is 0.103. The third kappa shape index (κ3) is 9.51. The van der Waals surface area contributed by atoms with Crippen molar-refractivity contribution in [3.8, 4) is 0 Å². The highest BCUT2D eigenvalue weighted by molar-refractivity contribution is 6.10. The first-order valence-electron chi connectivity index (χ1n) is 12.8. The van der Waals surface area contributed by atoms with E-state index in [4.69, 9.17) is 5.73 Å². The number of anilines is 3. The Labute approximate surface area is 227 Å². The molecule has 4 N–H and O–H groups in total. The topological polar surface area (TPSA) is 101 Å². The van der Waals surface area contributed by atoms with E-state index in [9.17, 15) is 14.4 Å². The van der Waals surface area contributed by atoms with E-state index < -0.39 is 5.41 Å². The first kappa shape index (κ1) is 30.3. The normalized spacial score (nSPS) is 11.3. The smallest absolute Gasteiger partial charge is 0.255 e. The van der Waals surface area contributed by atoms with Crippen LogP contribution in [-0.2, 0) is 0 Å². The summed E-state index contributed by atoms with van der Waals surface area (Å²) in [6.07, 6.45) is 0. The zero-order valence-corrected chi connectivity index (χ0v) is 23.8. The van der Waals surface area contributed by atoms with E-state index in [0.29, 0.717) is 16.8 Å². The summed E-state index contributed by atoms with van der Waals surface area (Å²) in [5.41, 5.74) is 7.98. The second-order valence-corrected chi connectivity index (χ2v) is 11.7. The molecule has 3 aromatic rings. The molecule has 0 bridgehead atoms. The van der Waals surface area contributed by atoms with Gasteiger partial charge in [0.1, 0.15) is 0 Å². The molecule has 3 aromatic carbocycles. The summed E-state index contributed by atoms with van der Waals surface area (Å²) in [5, 5.41) is 6.25. The lowest BCUT2D eigenvalue weighted by atomic mass is 9.84. The van der Waals surface area contributed by atoms with E-state index in [0.717, 1.165) is 11.4 Å². The van der Waals surface area contributed by atoms with E-state index in [1.54, 1.807) is 38.1 Å². The number of ketones is 2. The first-order valence-corrected chi connectivity index (χ1v) is 12.8. The van der Waals surface area contributed by atoms with Gasteiger partial charge in [0.15, 0.2) is 11.6 Å². The number of benzene rings is 3. The van der Waals surface area contributed by atoms with Crippen LogP contribution in [0.4, 0.5) is 17.1 Å². The largest absolute Gasteiger partial charge is 0.399 e. The fourth-order valence-corrected chi connectivity index (χ4v) is 3.56. The summed E-state index contributed by atoms with van der Waals surface area (Å²) in [6.45, 7) is 15.2. The van der Waals surface area contributed by atoms with Crippen molar-refractivity contribution >= 4 is 34.5 Å². The van der Waals surface area contributed by atoms with Crippen LogP contribution in [0.3, 0.4) is 0 Å². The zero-order chi connectivity index (χ0) is 28.7. The van der Waals surface area contributed by atoms with Crippen LogP contribution in [-0.4, -0.2) is 23.0 Å². The second-order valence-electron chi connectivity index (χ2n) is 11.7. The number of amides is 1. The molecule has 38 heavy (non-hydrogen) atoms. The maximum Gasteiger partial charge on any atom is 0.255 e. The Morgan fingerprint density at radius 2 is 1.26 bits per heavy atom. The molecule has 0 aliphatic rings. The predicted octanol–water partition coefficient (Wildman–Crippen LogP) is 7.49. The van der Waals surface area contributed by atoms with E-state index in [1.807, 2.05) is 69.3 Å². The lowest BCUT2D eigenvalue weighted by Gasteiger charge is -2.22. The van der Waals surface area contributed by atoms with Gasteiger partial charge in [-0.3, -0.25) is 14.4 Å². The summed E-state index contributed by atoms with van der Waals surface area (Å²) in [7, 11) is 0. The van der Waals surface area contributed by atoms with Crippen molar-refractivity contribution in [2.45, 2.75) is 60.9 Å². The maximum atomic E-state index is 13.0. The Morgan fingerprint density at radius 1 is 0.711 bits per heavy atom. The lowest BCUT2D eigenvalue weighted by molar-refractivity contribution is 0.0858. The molecule has 202 valence electrons. The van der Waals surface area contributed by atoms with Crippen LogP contribution in [0.15, 0.2) is 72.8 Å². The fraction of sp³-hybridized carbons (Fsp3) is 0.344. The van der Waals surface area contributed by atoms with E-state index in [-0.39, 0.29) is 34.5 Å². The van der Waals surface area contributed by atoms with Crippen LogP contribution < -0.4 is 16.4 Å². The number of para-hydroxylation sites is 1. The molecule has 3 rings (SSSR count). The highest BCUT2D eigenvalue weighted by atomic mass is 16.2. The molecule has 6 nitrogen and oxygen atoms in total. The average molecular weight is 516 g/mol. The van der Waals surface area contributed by atoms with Crippen LogP contribution in [0.25, 0.3) is 0 Å². The highest BCUT2D eigenvalue weighted by Gasteiger charge is 2.26. The van der Waals surface area contributed by atoms with Gasteiger partial charge in [0.05, 0.1) is 0 Å². The number of carbonyl (C=O) groups is 3. The minimum Gasteiger partial charge on any atom is -0.399 e.